The second-order valence-corrected chi connectivity index (χ2v) is 12.4. The van der Waals surface area contributed by atoms with Gasteiger partial charge in [0.25, 0.3) is 5.91 Å². The molecule has 2 aromatic heterocycles. The summed E-state index contributed by atoms with van der Waals surface area (Å²) in [4.78, 5) is 50.5. The van der Waals surface area contributed by atoms with Gasteiger partial charge in [-0.3, -0.25) is 14.4 Å². The van der Waals surface area contributed by atoms with Gasteiger partial charge in [0.1, 0.15) is 31.0 Å². The van der Waals surface area contributed by atoms with Crippen LogP contribution in [0.1, 0.15) is 81.5 Å². The van der Waals surface area contributed by atoms with Crippen molar-refractivity contribution in [2.24, 2.45) is 23.3 Å². The van der Waals surface area contributed by atoms with E-state index in [1.54, 1.807) is 42.7 Å². The number of rotatable bonds is 17. The topological polar surface area (TPSA) is 187 Å². The summed E-state index contributed by atoms with van der Waals surface area (Å²) in [6.45, 7) is 11.6. The average Bonchev–Trinajstić information content (AvgIpc) is 3.57. The molecule has 0 spiro atoms. The van der Waals surface area contributed by atoms with Crippen LogP contribution in [-0.4, -0.2) is 64.1 Å². The lowest BCUT2D eigenvalue weighted by molar-refractivity contribution is -0.147. The Hall–Kier alpha value is -4.00. The van der Waals surface area contributed by atoms with Crippen LogP contribution in [-0.2, 0) is 19.1 Å². The van der Waals surface area contributed by atoms with Crippen LogP contribution in [0.3, 0.4) is 0 Å². The van der Waals surface area contributed by atoms with E-state index in [0.29, 0.717) is 34.2 Å². The Kier molecular flexibility index (Phi) is 14.2. The fraction of sp³-hybridized carbons (Fsp3) is 0.500. The molecule has 47 heavy (non-hydrogen) atoms. The number of amides is 1. The van der Waals surface area contributed by atoms with Gasteiger partial charge in [0.05, 0.1) is 17.8 Å². The van der Waals surface area contributed by atoms with E-state index in [4.69, 9.17) is 32.5 Å². The number of ether oxygens (including phenoxy) is 2. The van der Waals surface area contributed by atoms with E-state index < -0.39 is 36.0 Å². The maximum absolute atomic E-state index is 13.4. The molecule has 0 fully saturated rings. The first-order chi connectivity index (χ1) is 22.4. The normalized spacial score (nSPS) is 15.1. The van der Waals surface area contributed by atoms with Gasteiger partial charge in [-0.25, -0.2) is 9.97 Å². The van der Waals surface area contributed by atoms with Crippen molar-refractivity contribution in [3.05, 3.63) is 64.6 Å². The second kappa shape index (κ2) is 17.8. The van der Waals surface area contributed by atoms with Gasteiger partial charge in [-0.15, -0.1) is 0 Å². The van der Waals surface area contributed by atoms with Gasteiger partial charge < -0.3 is 36.6 Å². The van der Waals surface area contributed by atoms with Crippen molar-refractivity contribution in [1.82, 2.24) is 20.3 Å². The number of nitrogens with zero attached hydrogens (tertiary/aromatic N) is 2. The number of H-pyrrole nitrogens is 1. The Morgan fingerprint density at radius 1 is 0.957 bits per heavy atom. The molecule has 1 amide bonds. The maximum atomic E-state index is 13.4. The van der Waals surface area contributed by atoms with Crippen LogP contribution in [0.15, 0.2) is 42.7 Å². The highest BCUT2D eigenvalue weighted by atomic mass is 35.5. The SMILES string of the molecule is CC[C@H](COC(=O)[C@@H](N)[C@@H](C)CC)Nc1ncc(C)c(-c2c[nH]c(C(=O)N[C@H](COC(=O)[C@@H](N)[C@@H](C)CC)c3cccc(Cl)c3)c2)n1. The van der Waals surface area contributed by atoms with E-state index in [-0.39, 0.29) is 36.8 Å². The minimum atomic E-state index is -0.771. The Morgan fingerprint density at radius 2 is 1.60 bits per heavy atom. The van der Waals surface area contributed by atoms with Crippen LogP contribution in [0.5, 0.6) is 0 Å². The number of benzene rings is 1. The monoisotopic (exact) mass is 669 g/mol. The first-order valence-corrected chi connectivity index (χ1v) is 16.5. The fourth-order valence-electron chi connectivity index (χ4n) is 4.60. The van der Waals surface area contributed by atoms with Crippen LogP contribution in [0.25, 0.3) is 11.3 Å². The molecule has 0 unspecified atom stereocenters. The van der Waals surface area contributed by atoms with Crippen molar-refractivity contribution in [3.8, 4) is 11.3 Å². The zero-order valence-electron chi connectivity index (χ0n) is 28.0. The molecule has 0 aliphatic carbocycles. The van der Waals surface area contributed by atoms with E-state index >= 15 is 0 Å². The third-order valence-corrected chi connectivity index (χ3v) is 8.67. The highest BCUT2D eigenvalue weighted by Gasteiger charge is 2.25. The number of hydrogen-bond donors (Lipinski definition) is 5. The Bertz CT molecular complexity index is 1500. The average molecular weight is 670 g/mol. The van der Waals surface area contributed by atoms with Gasteiger partial charge in [-0.1, -0.05) is 71.2 Å². The molecular weight excluding hydrogens is 622 g/mol. The number of esters is 2. The summed E-state index contributed by atoms with van der Waals surface area (Å²) in [5.41, 5.74) is 15.1. The number of carbonyl (C=O) groups is 3. The molecule has 1 aromatic carbocycles. The van der Waals surface area contributed by atoms with Crippen LogP contribution in [0.4, 0.5) is 5.95 Å². The zero-order chi connectivity index (χ0) is 34.7. The number of aromatic nitrogens is 3. The molecule has 0 aliphatic heterocycles. The van der Waals surface area contributed by atoms with Crippen molar-refractivity contribution in [2.75, 3.05) is 18.5 Å². The molecule has 0 saturated heterocycles. The standard InChI is InChI=1S/C34H48ClN7O5/c1-7-19(4)28(36)32(44)46-17-25(9-3)40-34-39-15-21(6)30(42-34)23-14-26(38-16-23)31(43)41-27(22-11-10-12-24(35)13-22)18-47-33(45)29(37)20(5)8-2/h10-16,19-20,25,27-29,38H,7-9,17-18,36-37H2,1-6H3,(H,41,43)(H,39,40,42)/t19-,20-,25+,27+,28-,29-/m0/s1. The summed E-state index contributed by atoms with van der Waals surface area (Å²) in [5.74, 6) is -1.07. The molecule has 0 aliphatic rings. The summed E-state index contributed by atoms with van der Waals surface area (Å²) in [5, 5.41) is 6.65. The van der Waals surface area contributed by atoms with Crippen molar-refractivity contribution < 1.29 is 23.9 Å². The Morgan fingerprint density at radius 3 is 2.19 bits per heavy atom. The van der Waals surface area contributed by atoms with E-state index in [1.807, 2.05) is 41.5 Å². The maximum Gasteiger partial charge on any atom is 0.323 e. The molecule has 2 heterocycles. The lowest BCUT2D eigenvalue weighted by Gasteiger charge is -2.22. The van der Waals surface area contributed by atoms with Crippen LogP contribution >= 0.6 is 11.6 Å². The van der Waals surface area contributed by atoms with Gasteiger partial charge in [0.2, 0.25) is 5.95 Å². The number of nitrogens with one attached hydrogen (secondary N) is 3. The molecule has 3 rings (SSSR count). The highest BCUT2D eigenvalue weighted by Crippen LogP contribution is 2.24. The zero-order valence-corrected chi connectivity index (χ0v) is 28.8. The smallest absolute Gasteiger partial charge is 0.323 e. The van der Waals surface area contributed by atoms with Gasteiger partial charge in [-0.2, -0.15) is 0 Å². The number of carbonyl (C=O) groups excluding carboxylic acids is 3. The molecule has 7 N–H and O–H groups in total. The first kappa shape index (κ1) is 37.5. The fourth-order valence-corrected chi connectivity index (χ4v) is 4.80. The van der Waals surface area contributed by atoms with E-state index in [1.165, 1.54) is 0 Å². The number of aryl methyl sites for hydroxylation is 1. The number of anilines is 1. The van der Waals surface area contributed by atoms with E-state index in [0.717, 1.165) is 18.4 Å². The summed E-state index contributed by atoms with van der Waals surface area (Å²) < 4.78 is 11.0. The van der Waals surface area contributed by atoms with Gasteiger partial charge in [0, 0.05) is 23.0 Å². The van der Waals surface area contributed by atoms with Crippen LogP contribution in [0, 0.1) is 18.8 Å². The second-order valence-electron chi connectivity index (χ2n) is 11.9. The first-order valence-electron chi connectivity index (χ1n) is 16.1. The van der Waals surface area contributed by atoms with Crippen molar-refractivity contribution in [1.29, 1.82) is 0 Å². The van der Waals surface area contributed by atoms with Crippen molar-refractivity contribution >= 4 is 35.4 Å². The van der Waals surface area contributed by atoms with Crippen molar-refractivity contribution in [3.63, 3.8) is 0 Å². The summed E-state index contributed by atoms with van der Waals surface area (Å²) in [6.07, 6.45) is 5.52. The van der Waals surface area contributed by atoms with Gasteiger partial charge in [0.15, 0.2) is 0 Å². The predicted molar refractivity (Wildman–Crippen MR) is 183 cm³/mol. The van der Waals surface area contributed by atoms with Gasteiger partial charge >= 0.3 is 11.9 Å². The molecule has 12 nitrogen and oxygen atoms in total. The number of nitrogens with two attached hydrogens (primary N) is 2. The molecule has 0 radical (unpaired) electrons. The third kappa shape index (κ3) is 10.5. The molecule has 0 saturated carbocycles. The molecular formula is C34H48ClN7O5. The quantitative estimate of drug-likeness (QED) is 0.123. The molecule has 3 aromatic rings. The number of halogens is 1. The van der Waals surface area contributed by atoms with Crippen LogP contribution < -0.4 is 22.1 Å². The molecule has 6 atom stereocenters. The lowest BCUT2D eigenvalue weighted by atomic mass is 10.0. The predicted octanol–water partition coefficient (Wildman–Crippen LogP) is 4.93. The van der Waals surface area contributed by atoms with E-state index in [2.05, 4.69) is 25.6 Å². The molecule has 13 heteroatoms. The summed E-state index contributed by atoms with van der Waals surface area (Å²) in [6, 6.07) is 6.30. The third-order valence-electron chi connectivity index (χ3n) is 8.43. The molecule has 0 bridgehead atoms. The minimum Gasteiger partial charge on any atom is -0.462 e. The van der Waals surface area contributed by atoms with Gasteiger partial charge in [-0.05, 0) is 54.5 Å². The van der Waals surface area contributed by atoms with E-state index in [9.17, 15) is 14.4 Å². The Labute approximate surface area is 281 Å². The summed E-state index contributed by atoms with van der Waals surface area (Å²) in [7, 11) is 0. The lowest BCUT2D eigenvalue weighted by Crippen LogP contribution is -2.40. The largest absolute Gasteiger partial charge is 0.462 e. The van der Waals surface area contributed by atoms with Crippen molar-refractivity contribution in [2.45, 2.75) is 85.0 Å². The van der Waals surface area contributed by atoms with Crippen LogP contribution in [0.2, 0.25) is 5.02 Å². The number of hydrogen-bond acceptors (Lipinski definition) is 10. The summed E-state index contributed by atoms with van der Waals surface area (Å²) >= 11 is 6.23. The number of aromatic amines is 1. The Balaban J connectivity index is 1.73. The highest BCUT2D eigenvalue weighted by molar-refractivity contribution is 6.30. The molecule has 256 valence electrons. The minimum absolute atomic E-state index is 0.0190.